The number of nitrogens with zero attached hydrogens (tertiary/aromatic N) is 2. The predicted octanol–water partition coefficient (Wildman–Crippen LogP) is 1.16. The molecule has 64 valence electrons. The van der Waals surface area contributed by atoms with Crippen LogP contribution in [0.25, 0.3) is 11.0 Å². The Morgan fingerprint density at radius 2 is 2.00 bits per heavy atom. The number of aromatic nitrogens is 2. The van der Waals surface area contributed by atoms with Gasteiger partial charge in [-0.2, -0.15) is 0 Å². The van der Waals surface area contributed by atoms with Gasteiger partial charge in [-0.3, -0.25) is 4.79 Å². The minimum atomic E-state index is 0.216. The smallest absolute Gasteiger partial charge is 0.299 e. The average molecular weight is 174 g/mol. The van der Waals surface area contributed by atoms with Crippen molar-refractivity contribution in [2.75, 3.05) is 0 Å². The first-order valence-electron chi connectivity index (χ1n) is 3.72. The van der Waals surface area contributed by atoms with Crippen LogP contribution < -0.4 is 4.74 Å². The average Bonchev–Trinajstić information content (AvgIpc) is 2.18. The summed E-state index contributed by atoms with van der Waals surface area (Å²) in [5.41, 5.74) is 1.49. The number of hydrogen-bond acceptors (Lipinski definition) is 4. The van der Waals surface area contributed by atoms with Crippen molar-refractivity contribution in [3.05, 3.63) is 30.5 Å². The first-order valence-corrected chi connectivity index (χ1v) is 3.72. The third kappa shape index (κ3) is 1.46. The zero-order chi connectivity index (χ0) is 9.10. The van der Waals surface area contributed by atoms with Gasteiger partial charge in [-0.1, -0.05) is 12.1 Å². The van der Waals surface area contributed by atoms with Gasteiger partial charge in [0.1, 0.15) is 0 Å². The lowest BCUT2D eigenvalue weighted by Gasteiger charge is -1.97. The van der Waals surface area contributed by atoms with Crippen LogP contribution in [0.1, 0.15) is 0 Å². The fourth-order valence-electron chi connectivity index (χ4n) is 1.05. The molecule has 0 aliphatic carbocycles. The Hall–Kier alpha value is -1.97. The Balaban J connectivity index is 2.55. The van der Waals surface area contributed by atoms with Gasteiger partial charge in [0.05, 0.1) is 17.2 Å². The summed E-state index contributed by atoms with van der Waals surface area (Å²) in [5, 5.41) is 0. The van der Waals surface area contributed by atoms with Crippen LogP contribution in [-0.4, -0.2) is 16.4 Å². The van der Waals surface area contributed by atoms with Crippen LogP contribution >= 0.6 is 0 Å². The first-order chi connectivity index (χ1) is 6.40. The molecule has 0 saturated heterocycles. The largest absolute Gasteiger partial charge is 0.408 e. The number of para-hydroxylation sites is 2. The maximum atomic E-state index is 10.0. The van der Waals surface area contributed by atoms with Crippen LogP contribution in [0.2, 0.25) is 0 Å². The fraction of sp³-hybridized carbons (Fsp3) is 0. The highest BCUT2D eigenvalue weighted by Gasteiger charge is 1.97. The molecule has 0 radical (unpaired) electrons. The van der Waals surface area contributed by atoms with Gasteiger partial charge in [0.15, 0.2) is 0 Å². The Morgan fingerprint density at radius 1 is 1.23 bits per heavy atom. The van der Waals surface area contributed by atoms with E-state index >= 15 is 0 Å². The van der Waals surface area contributed by atoms with Crippen molar-refractivity contribution in [1.82, 2.24) is 9.97 Å². The Kier molecular flexibility index (Phi) is 1.88. The molecule has 0 saturated carbocycles. The van der Waals surface area contributed by atoms with E-state index < -0.39 is 0 Å². The lowest BCUT2D eigenvalue weighted by Crippen LogP contribution is -1.93. The number of rotatable bonds is 2. The first kappa shape index (κ1) is 7.67. The van der Waals surface area contributed by atoms with Crippen LogP contribution in [0, 0.1) is 0 Å². The Bertz CT molecular complexity index is 442. The second kappa shape index (κ2) is 3.18. The normalized spacial score (nSPS) is 9.85. The van der Waals surface area contributed by atoms with Crippen molar-refractivity contribution < 1.29 is 9.53 Å². The molecule has 0 amide bonds. The van der Waals surface area contributed by atoms with Gasteiger partial charge in [-0.25, -0.2) is 9.97 Å². The van der Waals surface area contributed by atoms with Crippen molar-refractivity contribution in [1.29, 1.82) is 0 Å². The summed E-state index contributed by atoms with van der Waals surface area (Å²) in [6.07, 6.45) is 1.41. The van der Waals surface area contributed by atoms with E-state index in [4.69, 9.17) is 0 Å². The highest BCUT2D eigenvalue weighted by Crippen LogP contribution is 2.11. The fourth-order valence-corrected chi connectivity index (χ4v) is 1.05. The third-order valence-corrected chi connectivity index (χ3v) is 1.60. The molecule has 0 aliphatic rings. The molecular formula is C9H6N2O2. The second-order valence-corrected chi connectivity index (χ2v) is 2.41. The highest BCUT2D eigenvalue weighted by molar-refractivity contribution is 5.74. The molecule has 4 nitrogen and oxygen atoms in total. The minimum Gasteiger partial charge on any atom is -0.408 e. The molecule has 0 bridgehead atoms. The van der Waals surface area contributed by atoms with Crippen molar-refractivity contribution in [2.24, 2.45) is 0 Å². The monoisotopic (exact) mass is 174 g/mol. The molecule has 2 aromatic rings. The number of carbonyl (C=O) groups is 1. The Morgan fingerprint density at radius 3 is 2.77 bits per heavy atom. The Labute approximate surface area is 74.2 Å². The van der Waals surface area contributed by atoms with E-state index in [-0.39, 0.29) is 5.88 Å². The summed E-state index contributed by atoms with van der Waals surface area (Å²) in [4.78, 5) is 18.1. The van der Waals surface area contributed by atoms with E-state index in [1.165, 1.54) is 6.20 Å². The van der Waals surface area contributed by atoms with E-state index in [1.54, 1.807) is 6.07 Å². The van der Waals surface area contributed by atoms with Gasteiger partial charge in [0.2, 0.25) is 5.88 Å². The molecule has 0 spiro atoms. The summed E-state index contributed by atoms with van der Waals surface area (Å²) in [5.74, 6) is 0.216. The van der Waals surface area contributed by atoms with E-state index in [9.17, 15) is 4.79 Å². The highest BCUT2D eigenvalue weighted by atomic mass is 16.5. The van der Waals surface area contributed by atoms with E-state index in [1.807, 2.05) is 18.2 Å². The van der Waals surface area contributed by atoms with Gasteiger partial charge in [-0.15, -0.1) is 0 Å². The van der Waals surface area contributed by atoms with Gasteiger partial charge < -0.3 is 4.74 Å². The van der Waals surface area contributed by atoms with Crippen LogP contribution in [-0.2, 0) is 4.79 Å². The molecule has 0 aliphatic heterocycles. The van der Waals surface area contributed by atoms with E-state index in [0.717, 1.165) is 5.52 Å². The lowest BCUT2D eigenvalue weighted by molar-refractivity contribution is -0.120. The maximum Gasteiger partial charge on any atom is 0.299 e. The summed E-state index contributed by atoms with van der Waals surface area (Å²) in [7, 11) is 0. The van der Waals surface area contributed by atoms with Crippen LogP contribution in [0.4, 0.5) is 0 Å². The zero-order valence-electron chi connectivity index (χ0n) is 6.68. The topological polar surface area (TPSA) is 52.1 Å². The molecule has 0 N–H and O–H groups in total. The van der Waals surface area contributed by atoms with Gasteiger partial charge >= 0.3 is 0 Å². The van der Waals surface area contributed by atoms with Crippen LogP contribution in [0.5, 0.6) is 5.88 Å². The molecule has 1 heterocycles. The molecule has 0 unspecified atom stereocenters. The predicted molar refractivity (Wildman–Crippen MR) is 46.2 cm³/mol. The van der Waals surface area contributed by atoms with E-state index in [2.05, 4.69) is 14.7 Å². The summed E-state index contributed by atoms with van der Waals surface area (Å²) in [6.45, 7) is 0.332. The second-order valence-electron chi connectivity index (χ2n) is 2.41. The van der Waals surface area contributed by atoms with Gasteiger partial charge in [-0.05, 0) is 12.1 Å². The summed E-state index contributed by atoms with van der Waals surface area (Å²) in [6, 6.07) is 7.37. The molecule has 13 heavy (non-hydrogen) atoms. The summed E-state index contributed by atoms with van der Waals surface area (Å²) < 4.78 is 4.56. The minimum absolute atomic E-state index is 0.216. The number of carbonyl (C=O) groups excluding carboxylic acids is 1. The number of hydrogen-bond donors (Lipinski definition) is 0. The maximum absolute atomic E-state index is 10.0. The molecule has 1 aromatic heterocycles. The molecule has 2 rings (SSSR count). The van der Waals surface area contributed by atoms with Crippen molar-refractivity contribution in [3.63, 3.8) is 0 Å². The number of ether oxygens (including phenoxy) is 1. The van der Waals surface area contributed by atoms with E-state index in [0.29, 0.717) is 12.0 Å². The standard InChI is InChI=1S/C9H6N2O2/c12-6-13-9-5-10-7-3-1-2-4-8(7)11-9/h1-6H. The van der Waals surface area contributed by atoms with Gasteiger partial charge in [0.25, 0.3) is 6.47 Å². The van der Waals surface area contributed by atoms with Crippen molar-refractivity contribution in [2.45, 2.75) is 0 Å². The molecule has 4 heteroatoms. The number of benzene rings is 1. The molecule has 0 atom stereocenters. The van der Waals surface area contributed by atoms with Gasteiger partial charge in [0, 0.05) is 0 Å². The molecular weight excluding hydrogens is 168 g/mol. The van der Waals surface area contributed by atoms with Crippen molar-refractivity contribution >= 4 is 17.5 Å². The lowest BCUT2D eigenvalue weighted by atomic mass is 10.3. The third-order valence-electron chi connectivity index (χ3n) is 1.60. The quantitative estimate of drug-likeness (QED) is 0.641. The zero-order valence-corrected chi connectivity index (χ0v) is 6.68. The van der Waals surface area contributed by atoms with Crippen LogP contribution in [0.3, 0.4) is 0 Å². The number of fused-ring (bicyclic) bond motifs is 1. The van der Waals surface area contributed by atoms with Crippen LogP contribution in [0.15, 0.2) is 30.5 Å². The summed E-state index contributed by atoms with van der Waals surface area (Å²) >= 11 is 0. The molecule has 1 aromatic carbocycles. The SMILES string of the molecule is O=COc1cnc2ccccc2n1. The molecule has 0 fully saturated rings. The van der Waals surface area contributed by atoms with Crippen molar-refractivity contribution in [3.8, 4) is 5.88 Å².